The van der Waals surface area contributed by atoms with Crippen LogP contribution in [0, 0.1) is 22.6 Å². The molecule has 7 rings (SSSR count). The number of allylic oxidation sites excluding steroid dienone is 2. The summed E-state index contributed by atoms with van der Waals surface area (Å²) in [4.78, 5) is 21.0. The molecule has 4 atom stereocenters. The van der Waals surface area contributed by atoms with Gasteiger partial charge in [0.05, 0.1) is 35.7 Å². The van der Waals surface area contributed by atoms with Crippen molar-refractivity contribution in [2.75, 3.05) is 6.61 Å². The van der Waals surface area contributed by atoms with E-state index in [0.717, 1.165) is 61.5 Å². The van der Waals surface area contributed by atoms with Crippen LogP contribution in [0.2, 0.25) is 0 Å². The van der Waals surface area contributed by atoms with Crippen molar-refractivity contribution in [2.45, 2.75) is 69.8 Å². The van der Waals surface area contributed by atoms with E-state index in [1.807, 2.05) is 18.2 Å². The Morgan fingerprint density at radius 1 is 1.29 bits per heavy atom. The first-order valence-corrected chi connectivity index (χ1v) is 14.0. The second-order valence-electron chi connectivity index (χ2n) is 11.4. The Hall–Kier alpha value is -4.23. The number of pyridine rings is 1. The van der Waals surface area contributed by atoms with Gasteiger partial charge in [0.1, 0.15) is 18.2 Å². The van der Waals surface area contributed by atoms with Gasteiger partial charge in [-0.2, -0.15) is 10.2 Å². The Labute approximate surface area is 236 Å². The van der Waals surface area contributed by atoms with Gasteiger partial charge in [-0.1, -0.05) is 18.2 Å². The van der Waals surface area contributed by atoms with Crippen molar-refractivity contribution in [1.29, 1.82) is 5.26 Å². The van der Waals surface area contributed by atoms with Crippen molar-refractivity contribution in [2.24, 2.45) is 5.41 Å². The summed E-state index contributed by atoms with van der Waals surface area (Å²) in [5, 5.41) is 18.4. The van der Waals surface area contributed by atoms with Crippen LogP contribution in [0.3, 0.4) is 0 Å². The van der Waals surface area contributed by atoms with E-state index in [2.05, 4.69) is 15.6 Å². The molecule has 4 heterocycles. The summed E-state index contributed by atoms with van der Waals surface area (Å²) in [6.45, 7) is 1.47. The Kier molecular flexibility index (Phi) is 6.27. The van der Waals surface area contributed by atoms with E-state index in [-0.39, 0.29) is 23.7 Å². The van der Waals surface area contributed by atoms with Crippen molar-refractivity contribution in [1.82, 2.24) is 14.5 Å². The number of carboxylic acids is 1. The number of aromatic nitrogens is 3. The van der Waals surface area contributed by atoms with Crippen LogP contribution >= 0.6 is 0 Å². The van der Waals surface area contributed by atoms with Crippen LogP contribution in [0.1, 0.15) is 66.4 Å². The fraction of sp³-hybridized carbons (Fsp3) is 0.419. The Morgan fingerprint density at radius 2 is 2.17 bits per heavy atom. The monoisotopic (exact) mass is 556 g/mol. The summed E-state index contributed by atoms with van der Waals surface area (Å²) in [5.74, 6) is 0.735. The van der Waals surface area contributed by atoms with Crippen LogP contribution in [0.4, 0.5) is 4.39 Å². The number of halogens is 1. The van der Waals surface area contributed by atoms with E-state index >= 15 is 0 Å². The minimum Gasteiger partial charge on any atom is -0.478 e. The maximum absolute atomic E-state index is 14.2. The van der Waals surface area contributed by atoms with E-state index in [1.165, 1.54) is 6.07 Å². The topological polar surface area (TPSA) is 119 Å². The molecule has 0 amide bonds. The van der Waals surface area contributed by atoms with Gasteiger partial charge in [0, 0.05) is 30.6 Å². The number of fused-ring (bicyclic) bond motifs is 1. The molecule has 2 aromatic heterocycles. The number of ether oxygens (including phenoxy) is 3. The van der Waals surface area contributed by atoms with Crippen LogP contribution in [0.5, 0.6) is 11.8 Å². The molecule has 1 saturated carbocycles. The first kappa shape index (κ1) is 25.7. The van der Waals surface area contributed by atoms with Crippen LogP contribution in [0.25, 0.3) is 5.57 Å². The predicted molar refractivity (Wildman–Crippen MR) is 144 cm³/mol. The second-order valence-corrected chi connectivity index (χ2v) is 11.4. The number of aliphatic carboxylic acids is 1. The molecule has 3 unspecified atom stereocenters. The van der Waals surface area contributed by atoms with Gasteiger partial charge < -0.3 is 23.9 Å². The van der Waals surface area contributed by atoms with Gasteiger partial charge in [-0.25, -0.2) is 14.2 Å². The Balaban J connectivity index is 1.04. The lowest BCUT2D eigenvalue weighted by Crippen LogP contribution is -2.33. The van der Waals surface area contributed by atoms with Crippen LogP contribution in [0.15, 0.2) is 42.5 Å². The standard InChI is InChI=1S/C31H29FN4O5/c32-23-12-18(15-33)4-5-20(23)17-40-27-3-1-2-24(34-27)19-6-9-31(10-7-19)14-22(31)28-35-29-25(13-26(41-29)30(37)38)36(28)16-21-8-11-39-21/h1-6,12,21-22,26H,7-11,13-14,16-17H2,(H,37,38)/t21-,22?,26?,31?/m0/s1. The lowest BCUT2D eigenvalue weighted by molar-refractivity contribution is -0.144. The van der Waals surface area contributed by atoms with Crippen molar-refractivity contribution in [3.05, 3.63) is 76.6 Å². The molecule has 1 spiro atoms. The average Bonchev–Trinajstić information content (AvgIpc) is 3.30. The van der Waals surface area contributed by atoms with Crippen LogP contribution in [-0.2, 0) is 29.1 Å². The van der Waals surface area contributed by atoms with Crippen molar-refractivity contribution < 1.29 is 28.5 Å². The smallest absolute Gasteiger partial charge is 0.345 e. The Bertz CT molecular complexity index is 1610. The zero-order chi connectivity index (χ0) is 28.1. The highest BCUT2D eigenvalue weighted by atomic mass is 19.1. The number of nitrogens with zero attached hydrogens (tertiary/aromatic N) is 4. The van der Waals surface area contributed by atoms with Gasteiger partial charge in [0.15, 0.2) is 0 Å². The molecule has 3 aromatic rings. The van der Waals surface area contributed by atoms with Crippen molar-refractivity contribution in [3.8, 4) is 17.8 Å². The third kappa shape index (κ3) is 4.74. The van der Waals surface area contributed by atoms with Gasteiger partial charge in [-0.05, 0) is 61.3 Å². The van der Waals surface area contributed by atoms with Crippen molar-refractivity contribution >= 4 is 11.5 Å². The average molecular weight is 557 g/mol. The molecule has 1 aromatic carbocycles. The summed E-state index contributed by atoms with van der Waals surface area (Å²) >= 11 is 0. The minimum atomic E-state index is -0.965. The number of carbonyl (C=O) groups is 1. The normalized spacial score (nSPS) is 26.0. The number of benzene rings is 1. The van der Waals surface area contributed by atoms with E-state index in [1.54, 1.807) is 18.2 Å². The molecule has 10 heteroatoms. The van der Waals surface area contributed by atoms with Gasteiger partial charge in [-0.15, -0.1) is 0 Å². The third-order valence-electron chi connectivity index (χ3n) is 8.91. The summed E-state index contributed by atoms with van der Waals surface area (Å²) in [6, 6.07) is 11.9. The Morgan fingerprint density at radius 3 is 2.88 bits per heavy atom. The fourth-order valence-electron chi connectivity index (χ4n) is 6.29. The molecule has 210 valence electrons. The fourth-order valence-corrected chi connectivity index (χ4v) is 6.29. The zero-order valence-corrected chi connectivity index (χ0v) is 22.4. The van der Waals surface area contributed by atoms with Gasteiger partial charge in [0.25, 0.3) is 0 Å². The number of hydrogen-bond donors (Lipinski definition) is 1. The second kappa shape index (κ2) is 10.00. The third-order valence-corrected chi connectivity index (χ3v) is 8.91. The molecule has 9 nitrogen and oxygen atoms in total. The van der Waals surface area contributed by atoms with E-state index < -0.39 is 17.9 Å². The molecule has 0 bridgehead atoms. The largest absolute Gasteiger partial charge is 0.478 e. The molecule has 2 aliphatic heterocycles. The number of nitriles is 1. The molecule has 1 N–H and O–H groups in total. The van der Waals surface area contributed by atoms with E-state index in [9.17, 15) is 14.3 Å². The molecule has 2 aliphatic carbocycles. The van der Waals surface area contributed by atoms with Gasteiger partial charge in [0.2, 0.25) is 17.9 Å². The first-order valence-electron chi connectivity index (χ1n) is 14.0. The molecule has 1 saturated heterocycles. The lowest BCUT2D eigenvalue weighted by atomic mass is 9.83. The van der Waals surface area contributed by atoms with Crippen LogP contribution < -0.4 is 9.47 Å². The summed E-state index contributed by atoms with van der Waals surface area (Å²) in [5.41, 5.74) is 3.66. The number of imidazole rings is 1. The summed E-state index contributed by atoms with van der Waals surface area (Å²) in [7, 11) is 0. The van der Waals surface area contributed by atoms with Gasteiger partial charge >= 0.3 is 5.97 Å². The molecule has 2 fully saturated rings. The van der Waals surface area contributed by atoms with Crippen molar-refractivity contribution in [3.63, 3.8) is 0 Å². The molecule has 4 aliphatic rings. The van der Waals surface area contributed by atoms with Crippen LogP contribution in [-0.4, -0.2) is 44.4 Å². The predicted octanol–water partition coefficient (Wildman–Crippen LogP) is 4.79. The maximum atomic E-state index is 14.2. The van der Waals surface area contributed by atoms with Gasteiger partial charge in [-0.3, -0.25) is 0 Å². The number of rotatable bonds is 8. The summed E-state index contributed by atoms with van der Waals surface area (Å²) < 4.78 is 33.6. The minimum absolute atomic E-state index is 0.0251. The van der Waals surface area contributed by atoms with E-state index in [0.29, 0.717) is 36.2 Å². The highest BCUT2D eigenvalue weighted by Gasteiger charge is 2.57. The maximum Gasteiger partial charge on any atom is 0.345 e. The molecular formula is C31H29FN4O5. The first-order chi connectivity index (χ1) is 19.9. The molecule has 41 heavy (non-hydrogen) atoms. The quantitative estimate of drug-likeness (QED) is 0.421. The highest BCUT2D eigenvalue weighted by molar-refractivity contribution is 5.74. The lowest BCUT2D eigenvalue weighted by Gasteiger charge is -2.28. The molecular weight excluding hydrogens is 527 g/mol. The molecule has 0 radical (unpaired) electrons. The number of hydrogen-bond acceptors (Lipinski definition) is 7. The SMILES string of the molecule is N#Cc1ccc(COc2cccc(C3=CCC4(CC3)CC4c3nc4c(n3C[C@@H]3CCO3)CC(C(=O)O)O4)n2)c(F)c1. The summed E-state index contributed by atoms with van der Waals surface area (Å²) in [6.07, 6.45) is 6.68. The van der Waals surface area contributed by atoms with E-state index in [4.69, 9.17) is 24.5 Å². The number of carboxylic acid groups (broad SMARTS) is 1. The zero-order valence-electron chi connectivity index (χ0n) is 22.4. The highest BCUT2D eigenvalue weighted by Crippen LogP contribution is 2.66.